The fraction of sp³-hybridized carbons (Fsp3) is 0.429. The minimum Gasteiger partial charge on any atom is -0.457 e. The van der Waals surface area contributed by atoms with Gasteiger partial charge in [-0.05, 0) is 49.9 Å². The van der Waals surface area contributed by atoms with E-state index in [4.69, 9.17) is 4.74 Å². The average Bonchev–Trinajstić information content (AvgIpc) is 2.24. The zero-order chi connectivity index (χ0) is 13.2. The van der Waals surface area contributed by atoms with Crippen LogP contribution in [0.2, 0.25) is 0 Å². The molecular weight excluding hydrogens is 216 g/mol. The van der Waals surface area contributed by atoms with E-state index in [1.54, 1.807) is 0 Å². The lowest BCUT2D eigenvalue weighted by Gasteiger charge is -2.14. The zero-order valence-electron chi connectivity index (χ0n) is 11.0. The SMILES string of the molecule is CC(=O)OCC(=O)c1c(C)c(C)cc(C)c1C. The van der Waals surface area contributed by atoms with E-state index in [1.807, 2.05) is 27.7 Å². The Hall–Kier alpha value is -1.64. The number of carbonyl (C=O) groups excluding carboxylic acids is 2. The Morgan fingerprint density at radius 3 is 1.94 bits per heavy atom. The van der Waals surface area contributed by atoms with Gasteiger partial charge in [0.15, 0.2) is 6.61 Å². The molecule has 1 rings (SSSR count). The predicted octanol–water partition coefficient (Wildman–Crippen LogP) is 2.67. The highest BCUT2D eigenvalue weighted by atomic mass is 16.5. The Labute approximate surface area is 102 Å². The van der Waals surface area contributed by atoms with Crippen molar-refractivity contribution in [1.29, 1.82) is 0 Å². The van der Waals surface area contributed by atoms with Gasteiger partial charge in [0, 0.05) is 12.5 Å². The van der Waals surface area contributed by atoms with Gasteiger partial charge in [-0.1, -0.05) is 6.07 Å². The van der Waals surface area contributed by atoms with Gasteiger partial charge in [-0.15, -0.1) is 0 Å². The number of benzene rings is 1. The first-order valence-electron chi connectivity index (χ1n) is 5.58. The molecule has 3 heteroatoms. The number of hydrogen-bond acceptors (Lipinski definition) is 3. The molecule has 0 fully saturated rings. The van der Waals surface area contributed by atoms with Crippen LogP contribution in [0.3, 0.4) is 0 Å². The Balaban J connectivity index is 3.12. The molecule has 0 unspecified atom stereocenters. The van der Waals surface area contributed by atoms with Gasteiger partial charge in [0.05, 0.1) is 0 Å². The summed E-state index contributed by atoms with van der Waals surface area (Å²) < 4.78 is 4.76. The molecule has 0 radical (unpaired) electrons. The molecule has 1 aromatic rings. The Morgan fingerprint density at radius 2 is 1.53 bits per heavy atom. The van der Waals surface area contributed by atoms with Crippen molar-refractivity contribution in [2.24, 2.45) is 0 Å². The van der Waals surface area contributed by atoms with Crippen molar-refractivity contribution in [3.05, 3.63) is 33.9 Å². The van der Waals surface area contributed by atoms with E-state index in [9.17, 15) is 9.59 Å². The minimum absolute atomic E-state index is 0.137. The van der Waals surface area contributed by atoms with Gasteiger partial charge < -0.3 is 4.74 Å². The van der Waals surface area contributed by atoms with Crippen LogP contribution < -0.4 is 0 Å². The quantitative estimate of drug-likeness (QED) is 0.596. The molecule has 0 aliphatic heterocycles. The van der Waals surface area contributed by atoms with Crippen molar-refractivity contribution in [3.63, 3.8) is 0 Å². The van der Waals surface area contributed by atoms with Crippen LogP contribution in [0.5, 0.6) is 0 Å². The number of ketones is 1. The van der Waals surface area contributed by atoms with E-state index in [0.29, 0.717) is 5.56 Å². The summed E-state index contributed by atoms with van der Waals surface area (Å²) in [5.74, 6) is -0.569. The molecule has 0 aromatic heterocycles. The standard InChI is InChI=1S/C14H18O3/c1-8-6-9(2)11(4)14(10(8)3)13(16)7-17-12(5)15/h6H,7H2,1-5H3. The molecule has 0 saturated carbocycles. The molecule has 0 aliphatic carbocycles. The normalized spacial score (nSPS) is 10.2. The summed E-state index contributed by atoms with van der Waals surface area (Å²) in [5.41, 5.74) is 4.78. The lowest BCUT2D eigenvalue weighted by atomic mass is 9.92. The maximum Gasteiger partial charge on any atom is 0.303 e. The lowest BCUT2D eigenvalue weighted by molar-refractivity contribution is -0.139. The summed E-state index contributed by atoms with van der Waals surface area (Å²) in [4.78, 5) is 22.7. The van der Waals surface area contributed by atoms with E-state index in [-0.39, 0.29) is 12.4 Å². The number of hydrogen-bond donors (Lipinski definition) is 0. The summed E-state index contributed by atoms with van der Waals surface area (Å²) in [6.45, 7) is 8.91. The van der Waals surface area contributed by atoms with E-state index in [0.717, 1.165) is 22.3 Å². The first kappa shape index (κ1) is 13.4. The molecule has 0 bridgehead atoms. The third-order valence-corrected chi connectivity index (χ3v) is 3.05. The van der Waals surface area contributed by atoms with Crippen LogP contribution in [0.15, 0.2) is 6.07 Å². The summed E-state index contributed by atoms with van der Waals surface area (Å²) >= 11 is 0. The van der Waals surface area contributed by atoms with Gasteiger partial charge in [0.1, 0.15) is 0 Å². The van der Waals surface area contributed by atoms with Crippen molar-refractivity contribution >= 4 is 11.8 Å². The summed E-state index contributed by atoms with van der Waals surface area (Å²) in [5, 5.41) is 0. The minimum atomic E-state index is -0.432. The number of Topliss-reactive ketones (excluding diaryl/α,β-unsaturated/α-hetero) is 1. The summed E-state index contributed by atoms with van der Waals surface area (Å²) in [6, 6.07) is 2.06. The first-order chi connectivity index (χ1) is 7.84. The van der Waals surface area contributed by atoms with Crippen LogP contribution in [0.4, 0.5) is 0 Å². The number of aryl methyl sites for hydroxylation is 2. The highest BCUT2D eigenvalue weighted by molar-refractivity contribution is 6.01. The van der Waals surface area contributed by atoms with E-state index in [1.165, 1.54) is 6.92 Å². The second-order valence-corrected chi connectivity index (χ2v) is 4.34. The summed E-state index contributed by atoms with van der Waals surface area (Å²) in [7, 11) is 0. The van der Waals surface area contributed by atoms with E-state index in [2.05, 4.69) is 6.07 Å². The molecule has 0 saturated heterocycles. The van der Waals surface area contributed by atoms with Gasteiger partial charge in [0.2, 0.25) is 5.78 Å². The Bertz CT molecular complexity index is 447. The third kappa shape index (κ3) is 2.93. The van der Waals surface area contributed by atoms with Gasteiger partial charge in [-0.25, -0.2) is 0 Å². The van der Waals surface area contributed by atoms with Crippen LogP contribution >= 0.6 is 0 Å². The Kier molecular flexibility index (Phi) is 4.05. The molecule has 0 N–H and O–H groups in total. The fourth-order valence-electron chi connectivity index (χ4n) is 1.87. The van der Waals surface area contributed by atoms with Crippen molar-refractivity contribution in [2.45, 2.75) is 34.6 Å². The van der Waals surface area contributed by atoms with Crippen molar-refractivity contribution < 1.29 is 14.3 Å². The molecule has 17 heavy (non-hydrogen) atoms. The first-order valence-corrected chi connectivity index (χ1v) is 5.58. The maximum absolute atomic E-state index is 12.0. The van der Waals surface area contributed by atoms with Crippen LogP contribution in [0, 0.1) is 27.7 Å². The molecule has 3 nitrogen and oxygen atoms in total. The second-order valence-electron chi connectivity index (χ2n) is 4.34. The van der Waals surface area contributed by atoms with Crippen LogP contribution in [-0.4, -0.2) is 18.4 Å². The maximum atomic E-state index is 12.0. The molecule has 1 aromatic carbocycles. The van der Waals surface area contributed by atoms with Gasteiger partial charge >= 0.3 is 5.97 Å². The molecule has 0 heterocycles. The largest absolute Gasteiger partial charge is 0.457 e. The van der Waals surface area contributed by atoms with Crippen LogP contribution in [0.1, 0.15) is 39.5 Å². The van der Waals surface area contributed by atoms with E-state index < -0.39 is 5.97 Å². The van der Waals surface area contributed by atoms with Crippen molar-refractivity contribution in [3.8, 4) is 0 Å². The highest BCUT2D eigenvalue weighted by Gasteiger charge is 2.16. The molecule has 92 valence electrons. The van der Waals surface area contributed by atoms with Gasteiger partial charge in [0.25, 0.3) is 0 Å². The van der Waals surface area contributed by atoms with Crippen molar-refractivity contribution in [1.82, 2.24) is 0 Å². The molecule has 0 amide bonds. The molecular formula is C14H18O3. The van der Waals surface area contributed by atoms with Crippen LogP contribution in [-0.2, 0) is 9.53 Å². The topological polar surface area (TPSA) is 43.4 Å². The number of rotatable bonds is 3. The second kappa shape index (κ2) is 5.13. The van der Waals surface area contributed by atoms with Gasteiger partial charge in [-0.3, -0.25) is 9.59 Å². The summed E-state index contributed by atoms with van der Waals surface area (Å²) in [6.07, 6.45) is 0. The smallest absolute Gasteiger partial charge is 0.303 e. The van der Waals surface area contributed by atoms with Crippen molar-refractivity contribution in [2.75, 3.05) is 6.61 Å². The molecule has 0 atom stereocenters. The number of ether oxygens (including phenoxy) is 1. The third-order valence-electron chi connectivity index (χ3n) is 3.05. The highest BCUT2D eigenvalue weighted by Crippen LogP contribution is 2.22. The monoisotopic (exact) mass is 234 g/mol. The average molecular weight is 234 g/mol. The zero-order valence-corrected chi connectivity index (χ0v) is 11.0. The fourth-order valence-corrected chi connectivity index (χ4v) is 1.87. The lowest BCUT2D eigenvalue weighted by Crippen LogP contribution is -2.15. The molecule has 0 aliphatic rings. The Morgan fingerprint density at radius 1 is 1.06 bits per heavy atom. The number of carbonyl (C=O) groups is 2. The predicted molar refractivity (Wildman–Crippen MR) is 66.4 cm³/mol. The van der Waals surface area contributed by atoms with E-state index >= 15 is 0 Å². The number of esters is 1. The molecule has 0 spiro atoms. The van der Waals surface area contributed by atoms with Crippen LogP contribution in [0.25, 0.3) is 0 Å². The van der Waals surface area contributed by atoms with Gasteiger partial charge in [-0.2, -0.15) is 0 Å².